The molecule has 0 bridgehead atoms. The first kappa shape index (κ1) is 14.9. The number of imide groups is 1. The summed E-state index contributed by atoms with van der Waals surface area (Å²) in [4.78, 5) is 22.4. The minimum Gasteiger partial charge on any atom is -0.491 e. The summed E-state index contributed by atoms with van der Waals surface area (Å²) in [6, 6.07) is 8.03. The average Bonchev–Trinajstić information content (AvgIpc) is 2.69. The Hall–Kier alpha value is -1.49. The smallest absolute Gasteiger partial charge is 0.286 e. The summed E-state index contributed by atoms with van der Waals surface area (Å²) >= 11 is 1.10. The maximum Gasteiger partial charge on any atom is 0.286 e. The quantitative estimate of drug-likeness (QED) is 0.875. The van der Waals surface area contributed by atoms with Gasteiger partial charge in [-0.1, -0.05) is 23.9 Å². The van der Waals surface area contributed by atoms with E-state index in [1.807, 2.05) is 38.1 Å². The molecule has 2 amide bonds. The molecule has 0 spiro atoms. The molecule has 108 valence electrons. The molecule has 0 aromatic heterocycles. The van der Waals surface area contributed by atoms with E-state index in [0.29, 0.717) is 0 Å². The van der Waals surface area contributed by atoms with Gasteiger partial charge < -0.3 is 4.74 Å². The molecule has 4 nitrogen and oxygen atoms in total. The molecule has 1 saturated heterocycles. The van der Waals surface area contributed by atoms with Crippen LogP contribution in [0.15, 0.2) is 24.3 Å². The van der Waals surface area contributed by atoms with Gasteiger partial charge in [-0.25, -0.2) is 0 Å². The van der Waals surface area contributed by atoms with Gasteiger partial charge in [0.2, 0.25) is 5.91 Å². The fourth-order valence-corrected chi connectivity index (χ4v) is 2.95. The number of carbonyl (C=O) groups excluding carboxylic acids is 2. The van der Waals surface area contributed by atoms with Crippen molar-refractivity contribution in [1.82, 2.24) is 5.32 Å². The van der Waals surface area contributed by atoms with Crippen LogP contribution in [0.4, 0.5) is 4.79 Å². The van der Waals surface area contributed by atoms with Crippen molar-refractivity contribution in [2.45, 2.75) is 44.5 Å². The zero-order chi connectivity index (χ0) is 14.5. The zero-order valence-electron chi connectivity index (χ0n) is 11.7. The molecule has 0 saturated carbocycles. The third kappa shape index (κ3) is 4.27. The number of hydrogen-bond acceptors (Lipinski definition) is 4. The molecule has 0 unspecified atom stereocenters. The second kappa shape index (κ2) is 6.79. The van der Waals surface area contributed by atoms with Crippen molar-refractivity contribution in [3.8, 4) is 5.75 Å². The predicted octanol–water partition coefficient (Wildman–Crippen LogP) is 3.15. The zero-order valence-corrected chi connectivity index (χ0v) is 12.5. The molecule has 20 heavy (non-hydrogen) atoms. The van der Waals surface area contributed by atoms with Gasteiger partial charge in [-0.2, -0.15) is 0 Å². The SMILES string of the molecule is CC(C)Oc1ccc(CCC[C@H]2SC(=O)NC2=O)cc1. The maximum absolute atomic E-state index is 11.4. The second-order valence-corrected chi connectivity index (χ2v) is 6.26. The van der Waals surface area contributed by atoms with E-state index in [4.69, 9.17) is 4.74 Å². The topological polar surface area (TPSA) is 55.4 Å². The molecule has 1 atom stereocenters. The van der Waals surface area contributed by atoms with E-state index in [2.05, 4.69) is 5.32 Å². The van der Waals surface area contributed by atoms with Gasteiger partial charge in [0.05, 0.1) is 11.4 Å². The van der Waals surface area contributed by atoms with Crippen molar-refractivity contribution in [1.29, 1.82) is 0 Å². The number of thioether (sulfide) groups is 1. The van der Waals surface area contributed by atoms with E-state index in [-0.39, 0.29) is 22.5 Å². The summed E-state index contributed by atoms with van der Waals surface area (Å²) in [6.45, 7) is 4.00. The highest BCUT2D eigenvalue weighted by Gasteiger charge is 2.30. The lowest BCUT2D eigenvalue weighted by Crippen LogP contribution is -2.24. The fraction of sp³-hybridized carbons (Fsp3) is 0.467. The van der Waals surface area contributed by atoms with Crippen molar-refractivity contribution < 1.29 is 14.3 Å². The van der Waals surface area contributed by atoms with Crippen molar-refractivity contribution in [3.63, 3.8) is 0 Å². The Kier molecular flexibility index (Phi) is 5.06. The van der Waals surface area contributed by atoms with Gasteiger partial charge in [-0.05, 0) is 50.8 Å². The summed E-state index contributed by atoms with van der Waals surface area (Å²) in [5.41, 5.74) is 1.22. The standard InChI is InChI=1S/C15H19NO3S/c1-10(2)19-12-8-6-11(7-9-12)4-3-5-13-14(17)16-15(18)20-13/h6-10,13H,3-5H2,1-2H3,(H,16,17,18)/t13-/m1/s1. The summed E-state index contributed by atoms with van der Waals surface area (Å²) in [7, 11) is 0. The Morgan fingerprint density at radius 3 is 2.50 bits per heavy atom. The molecule has 2 rings (SSSR count). The third-order valence-electron chi connectivity index (χ3n) is 2.99. The highest BCUT2D eigenvalue weighted by molar-refractivity contribution is 8.15. The van der Waals surface area contributed by atoms with Gasteiger partial charge >= 0.3 is 0 Å². The summed E-state index contributed by atoms with van der Waals surface area (Å²) in [5.74, 6) is 0.723. The number of hydrogen-bond donors (Lipinski definition) is 1. The van der Waals surface area contributed by atoms with Crippen molar-refractivity contribution in [2.24, 2.45) is 0 Å². The normalized spacial score (nSPS) is 18.4. The number of benzene rings is 1. The Bertz CT molecular complexity index is 484. The third-order valence-corrected chi connectivity index (χ3v) is 4.04. The molecule has 1 aromatic rings. The maximum atomic E-state index is 11.4. The lowest BCUT2D eigenvalue weighted by atomic mass is 10.1. The minimum absolute atomic E-state index is 0.152. The van der Waals surface area contributed by atoms with Gasteiger partial charge in [0, 0.05) is 0 Å². The van der Waals surface area contributed by atoms with Gasteiger partial charge in [-0.3, -0.25) is 14.9 Å². The lowest BCUT2D eigenvalue weighted by Gasteiger charge is -2.10. The minimum atomic E-state index is -0.227. The Balaban J connectivity index is 1.77. The molecule has 1 aliphatic heterocycles. The van der Waals surface area contributed by atoms with Crippen LogP contribution in [0.3, 0.4) is 0 Å². The Morgan fingerprint density at radius 1 is 1.25 bits per heavy atom. The van der Waals surface area contributed by atoms with Crippen LogP contribution in [0.2, 0.25) is 0 Å². The average molecular weight is 293 g/mol. The number of rotatable bonds is 6. The van der Waals surface area contributed by atoms with Crippen LogP contribution < -0.4 is 10.1 Å². The van der Waals surface area contributed by atoms with E-state index < -0.39 is 0 Å². The molecule has 1 aromatic carbocycles. The fourth-order valence-electron chi connectivity index (χ4n) is 2.08. The van der Waals surface area contributed by atoms with E-state index in [0.717, 1.165) is 36.8 Å². The number of aryl methyl sites for hydroxylation is 1. The van der Waals surface area contributed by atoms with E-state index in [9.17, 15) is 9.59 Å². The van der Waals surface area contributed by atoms with Crippen molar-refractivity contribution >= 4 is 22.9 Å². The lowest BCUT2D eigenvalue weighted by molar-refractivity contribution is -0.119. The highest BCUT2D eigenvalue weighted by Crippen LogP contribution is 2.24. The first-order chi connectivity index (χ1) is 9.54. The molecule has 0 radical (unpaired) electrons. The van der Waals surface area contributed by atoms with Gasteiger partial charge in [0.25, 0.3) is 5.24 Å². The molecule has 1 heterocycles. The van der Waals surface area contributed by atoms with Crippen LogP contribution >= 0.6 is 11.8 Å². The van der Waals surface area contributed by atoms with Crippen LogP contribution in [0, 0.1) is 0 Å². The van der Waals surface area contributed by atoms with Crippen LogP contribution in [-0.2, 0) is 11.2 Å². The van der Waals surface area contributed by atoms with Crippen LogP contribution in [0.5, 0.6) is 5.75 Å². The molecule has 1 aliphatic rings. The summed E-state index contributed by atoms with van der Waals surface area (Å²) < 4.78 is 5.59. The monoisotopic (exact) mass is 293 g/mol. The summed E-state index contributed by atoms with van der Waals surface area (Å²) in [6.07, 6.45) is 2.70. The second-order valence-electron chi connectivity index (χ2n) is 5.09. The Labute approximate surface area is 123 Å². The molecule has 5 heteroatoms. The van der Waals surface area contributed by atoms with E-state index in [1.165, 1.54) is 5.56 Å². The van der Waals surface area contributed by atoms with E-state index >= 15 is 0 Å². The number of carbonyl (C=O) groups is 2. The van der Waals surface area contributed by atoms with Crippen LogP contribution in [0.25, 0.3) is 0 Å². The van der Waals surface area contributed by atoms with Crippen molar-refractivity contribution in [2.75, 3.05) is 0 Å². The largest absolute Gasteiger partial charge is 0.491 e. The van der Waals surface area contributed by atoms with Crippen molar-refractivity contribution in [3.05, 3.63) is 29.8 Å². The Morgan fingerprint density at radius 2 is 1.95 bits per heavy atom. The number of ether oxygens (including phenoxy) is 1. The first-order valence-electron chi connectivity index (χ1n) is 6.81. The number of amides is 2. The molecular formula is C15H19NO3S. The van der Waals surface area contributed by atoms with Gasteiger partial charge in [0.15, 0.2) is 0 Å². The molecule has 1 N–H and O–H groups in total. The van der Waals surface area contributed by atoms with E-state index in [1.54, 1.807) is 0 Å². The predicted molar refractivity (Wildman–Crippen MR) is 80.1 cm³/mol. The molecule has 0 aliphatic carbocycles. The first-order valence-corrected chi connectivity index (χ1v) is 7.69. The van der Waals surface area contributed by atoms with Crippen LogP contribution in [-0.4, -0.2) is 22.5 Å². The van der Waals surface area contributed by atoms with Crippen LogP contribution in [0.1, 0.15) is 32.3 Å². The van der Waals surface area contributed by atoms with Gasteiger partial charge in [-0.15, -0.1) is 0 Å². The highest BCUT2D eigenvalue weighted by atomic mass is 32.2. The number of nitrogens with one attached hydrogen (secondary N) is 1. The molecular weight excluding hydrogens is 274 g/mol. The molecule has 1 fully saturated rings. The van der Waals surface area contributed by atoms with Gasteiger partial charge in [0.1, 0.15) is 5.75 Å². The summed E-state index contributed by atoms with van der Waals surface area (Å²) in [5, 5.41) is 1.87.